The number of nitrogens with zero attached hydrogens (tertiary/aromatic N) is 1. The molecule has 1 fully saturated rings. The number of carbonyl (C=O) groups is 1. The van der Waals surface area contributed by atoms with Gasteiger partial charge in [-0.3, -0.25) is 4.79 Å². The summed E-state index contributed by atoms with van der Waals surface area (Å²) in [5, 5.41) is 2.83. The lowest BCUT2D eigenvalue weighted by Crippen LogP contribution is -2.33. The van der Waals surface area contributed by atoms with Crippen molar-refractivity contribution >= 4 is 17.3 Å². The van der Waals surface area contributed by atoms with Crippen LogP contribution in [0.3, 0.4) is 0 Å². The van der Waals surface area contributed by atoms with E-state index in [2.05, 4.69) is 4.98 Å². The van der Waals surface area contributed by atoms with E-state index in [1.165, 1.54) is 7.11 Å². The maximum atomic E-state index is 11.8. The van der Waals surface area contributed by atoms with Gasteiger partial charge in [-0.05, 0) is 12.8 Å². The monoisotopic (exact) mass is 211 g/mol. The number of rotatable bonds is 2. The quantitative estimate of drug-likeness (QED) is 0.703. The first kappa shape index (κ1) is 9.65. The molecule has 0 bridgehead atoms. The Morgan fingerprint density at radius 1 is 1.57 bits per heavy atom. The molecule has 76 valence electrons. The summed E-state index contributed by atoms with van der Waals surface area (Å²) in [4.78, 5) is 16.0. The molecule has 1 saturated carbocycles. The van der Waals surface area contributed by atoms with Crippen molar-refractivity contribution in [1.29, 1.82) is 0 Å². The Morgan fingerprint density at radius 2 is 2.29 bits per heavy atom. The predicted molar refractivity (Wildman–Crippen MR) is 54.3 cm³/mol. The molecule has 1 aliphatic rings. The van der Waals surface area contributed by atoms with Crippen molar-refractivity contribution in [2.45, 2.75) is 31.1 Å². The summed E-state index contributed by atoms with van der Waals surface area (Å²) in [5.74, 6) is -0.120. The number of ether oxygens (including phenoxy) is 1. The summed E-state index contributed by atoms with van der Waals surface area (Å²) in [5.41, 5.74) is -0.428. The topological polar surface area (TPSA) is 39.2 Å². The van der Waals surface area contributed by atoms with Gasteiger partial charge in [0.2, 0.25) is 0 Å². The molecule has 14 heavy (non-hydrogen) atoms. The SMILES string of the molecule is COC(=O)C1(c2nccs2)CCCC1. The highest BCUT2D eigenvalue weighted by molar-refractivity contribution is 7.09. The lowest BCUT2D eigenvalue weighted by atomic mass is 9.87. The van der Waals surface area contributed by atoms with Crippen molar-refractivity contribution in [1.82, 2.24) is 4.98 Å². The van der Waals surface area contributed by atoms with E-state index in [1.807, 2.05) is 5.38 Å². The molecule has 0 atom stereocenters. The van der Waals surface area contributed by atoms with E-state index in [0.717, 1.165) is 30.7 Å². The fourth-order valence-electron chi connectivity index (χ4n) is 2.14. The smallest absolute Gasteiger partial charge is 0.318 e. The first-order valence-electron chi connectivity index (χ1n) is 4.78. The summed E-state index contributed by atoms with van der Waals surface area (Å²) in [6, 6.07) is 0. The molecule has 3 nitrogen and oxygen atoms in total. The Morgan fingerprint density at radius 3 is 2.79 bits per heavy atom. The third kappa shape index (κ3) is 1.34. The van der Waals surface area contributed by atoms with Crippen molar-refractivity contribution in [3.8, 4) is 0 Å². The van der Waals surface area contributed by atoms with Crippen molar-refractivity contribution < 1.29 is 9.53 Å². The second-order valence-electron chi connectivity index (χ2n) is 3.62. The molecule has 0 amide bonds. The number of methoxy groups -OCH3 is 1. The van der Waals surface area contributed by atoms with Crippen molar-refractivity contribution in [2.75, 3.05) is 7.11 Å². The fourth-order valence-corrected chi connectivity index (χ4v) is 3.02. The van der Waals surface area contributed by atoms with Gasteiger partial charge in [0.1, 0.15) is 10.4 Å². The number of esters is 1. The molecule has 1 aliphatic carbocycles. The zero-order valence-corrected chi connectivity index (χ0v) is 8.97. The standard InChI is InChI=1S/C10H13NO2S/c1-13-9(12)10(4-2-3-5-10)8-11-6-7-14-8/h6-7H,2-5H2,1H3. The van der Waals surface area contributed by atoms with Crippen LogP contribution in [-0.4, -0.2) is 18.1 Å². The summed E-state index contributed by atoms with van der Waals surface area (Å²) in [7, 11) is 1.45. The van der Waals surface area contributed by atoms with Gasteiger partial charge in [-0.15, -0.1) is 11.3 Å². The predicted octanol–water partition coefficient (Wildman–Crippen LogP) is 2.13. The molecule has 2 rings (SSSR count). The summed E-state index contributed by atoms with van der Waals surface area (Å²) in [6.45, 7) is 0. The van der Waals surface area contributed by atoms with Gasteiger partial charge in [0.05, 0.1) is 7.11 Å². The highest BCUT2D eigenvalue weighted by atomic mass is 32.1. The van der Waals surface area contributed by atoms with Gasteiger partial charge in [0.15, 0.2) is 0 Å². The third-order valence-electron chi connectivity index (χ3n) is 2.87. The Kier molecular flexibility index (Phi) is 2.54. The van der Waals surface area contributed by atoms with Crippen LogP contribution < -0.4 is 0 Å². The molecule has 1 aromatic rings. The van der Waals surface area contributed by atoms with E-state index < -0.39 is 5.41 Å². The average Bonchev–Trinajstić information content (AvgIpc) is 2.86. The molecule has 0 N–H and O–H groups in total. The van der Waals surface area contributed by atoms with E-state index in [1.54, 1.807) is 17.5 Å². The Labute approximate surface area is 87.1 Å². The zero-order chi connectivity index (χ0) is 10.0. The molecule has 1 aromatic heterocycles. The van der Waals surface area contributed by atoms with Gasteiger partial charge in [-0.25, -0.2) is 4.98 Å². The molecule has 0 spiro atoms. The molecule has 4 heteroatoms. The Hall–Kier alpha value is -0.900. The molecule has 0 unspecified atom stereocenters. The first-order valence-corrected chi connectivity index (χ1v) is 5.66. The van der Waals surface area contributed by atoms with Crippen molar-refractivity contribution in [3.05, 3.63) is 16.6 Å². The third-order valence-corrected chi connectivity index (χ3v) is 3.85. The lowest BCUT2D eigenvalue weighted by molar-refractivity contribution is -0.147. The molecular weight excluding hydrogens is 198 g/mol. The summed E-state index contributed by atoms with van der Waals surface area (Å²) < 4.78 is 4.89. The van der Waals surface area contributed by atoms with Crippen LogP contribution in [0.2, 0.25) is 0 Å². The first-order chi connectivity index (χ1) is 6.79. The highest BCUT2D eigenvalue weighted by Gasteiger charge is 2.45. The largest absolute Gasteiger partial charge is 0.468 e. The van der Waals surface area contributed by atoms with Crippen LogP contribution in [0.25, 0.3) is 0 Å². The second-order valence-corrected chi connectivity index (χ2v) is 4.51. The van der Waals surface area contributed by atoms with E-state index in [9.17, 15) is 4.79 Å². The lowest BCUT2D eigenvalue weighted by Gasteiger charge is -2.22. The number of aromatic nitrogens is 1. The van der Waals surface area contributed by atoms with Crippen LogP contribution in [0.5, 0.6) is 0 Å². The Bertz CT molecular complexity index is 315. The number of hydrogen-bond donors (Lipinski definition) is 0. The Balaban J connectivity index is 2.36. The van der Waals surface area contributed by atoms with Crippen LogP contribution in [0, 0.1) is 0 Å². The van der Waals surface area contributed by atoms with Crippen LogP contribution in [0.4, 0.5) is 0 Å². The van der Waals surface area contributed by atoms with Crippen LogP contribution in [0.1, 0.15) is 30.7 Å². The normalized spacial score (nSPS) is 19.5. The van der Waals surface area contributed by atoms with Gasteiger partial charge in [-0.2, -0.15) is 0 Å². The van der Waals surface area contributed by atoms with Crippen LogP contribution in [0.15, 0.2) is 11.6 Å². The van der Waals surface area contributed by atoms with Gasteiger partial charge in [0, 0.05) is 11.6 Å². The van der Waals surface area contributed by atoms with Gasteiger partial charge in [0.25, 0.3) is 0 Å². The minimum atomic E-state index is -0.428. The highest BCUT2D eigenvalue weighted by Crippen LogP contribution is 2.42. The van der Waals surface area contributed by atoms with E-state index in [-0.39, 0.29) is 5.97 Å². The minimum absolute atomic E-state index is 0.120. The minimum Gasteiger partial charge on any atom is -0.468 e. The number of hydrogen-bond acceptors (Lipinski definition) is 4. The zero-order valence-electron chi connectivity index (χ0n) is 8.16. The fraction of sp³-hybridized carbons (Fsp3) is 0.600. The molecular formula is C10H13NO2S. The van der Waals surface area contributed by atoms with E-state index in [4.69, 9.17) is 4.74 Å². The maximum absolute atomic E-state index is 11.8. The van der Waals surface area contributed by atoms with Crippen molar-refractivity contribution in [3.63, 3.8) is 0 Å². The number of carbonyl (C=O) groups excluding carboxylic acids is 1. The molecule has 0 aliphatic heterocycles. The number of thiazole rings is 1. The van der Waals surface area contributed by atoms with E-state index >= 15 is 0 Å². The second kappa shape index (κ2) is 3.69. The van der Waals surface area contributed by atoms with Gasteiger partial charge in [-0.1, -0.05) is 12.8 Å². The average molecular weight is 211 g/mol. The molecule has 0 aromatic carbocycles. The molecule has 0 radical (unpaired) electrons. The van der Waals surface area contributed by atoms with Crippen molar-refractivity contribution in [2.24, 2.45) is 0 Å². The molecule has 0 saturated heterocycles. The van der Waals surface area contributed by atoms with Crippen LogP contribution in [-0.2, 0) is 14.9 Å². The van der Waals surface area contributed by atoms with Gasteiger partial charge >= 0.3 is 5.97 Å². The summed E-state index contributed by atoms with van der Waals surface area (Å²) >= 11 is 1.55. The van der Waals surface area contributed by atoms with Gasteiger partial charge < -0.3 is 4.74 Å². The van der Waals surface area contributed by atoms with E-state index in [0.29, 0.717) is 0 Å². The van der Waals surface area contributed by atoms with Crippen LogP contribution >= 0.6 is 11.3 Å². The maximum Gasteiger partial charge on any atom is 0.318 e. The summed E-state index contributed by atoms with van der Waals surface area (Å²) in [6.07, 6.45) is 5.70. The molecule has 1 heterocycles.